The smallest absolute Gasteiger partial charge is 0.145 e. The van der Waals surface area contributed by atoms with Gasteiger partial charge in [-0.3, -0.25) is 14.5 Å². The van der Waals surface area contributed by atoms with Crippen LogP contribution in [-0.4, -0.2) is 19.8 Å². The van der Waals surface area contributed by atoms with Crippen LogP contribution in [0.1, 0.15) is 11.1 Å². The number of imidazole rings is 1. The van der Waals surface area contributed by atoms with E-state index < -0.39 is 0 Å². The molecule has 0 saturated carbocycles. The van der Waals surface area contributed by atoms with Crippen molar-refractivity contribution in [2.75, 3.05) is 5.43 Å². The van der Waals surface area contributed by atoms with Crippen molar-refractivity contribution >= 4 is 60.5 Å². The quantitative estimate of drug-likeness (QED) is 0.193. The molecule has 9 rings (SSSR count). The summed E-state index contributed by atoms with van der Waals surface area (Å²) in [6, 6.07) is 50.0. The second kappa shape index (κ2) is 9.93. The van der Waals surface area contributed by atoms with Gasteiger partial charge in [0, 0.05) is 21.7 Å². The van der Waals surface area contributed by atoms with Crippen LogP contribution in [0.4, 0.5) is 0 Å². The SMILES string of the molecule is N=C(/C=C(\Nn1c2cccc3c4ccccc4n4c(-c5ccccc5)nc5ccc1c(c32)c54)c1ccccc1)c1ccccc1. The molecule has 0 aliphatic carbocycles. The van der Waals surface area contributed by atoms with Gasteiger partial charge in [-0.05, 0) is 46.9 Å². The third kappa shape index (κ3) is 3.88. The van der Waals surface area contributed by atoms with Crippen LogP contribution in [-0.2, 0) is 0 Å². The molecule has 6 aromatic carbocycles. The predicted octanol–water partition coefficient (Wildman–Crippen LogP) is 9.51. The molecule has 5 heteroatoms. The largest absolute Gasteiger partial charge is 0.300 e. The minimum Gasteiger partial charge on any atom is -0.300 e. The van der Waals surface area contributed by atoms with E-state index in [-0.39, 0.29) is 0 Å². The first-order chi connectivity index (χ1) is 22.3. The Morgan fingerprint density at radius 2 is 1.20 bits per heavy atom. The maximum absolute atomic E-state index is 8.97. The van der Waals surface area contributed by atoms with E-state index in [1.165, 1.54) is 16.2 Å². The van der Waals surface area contributed by atoms with Crippen LogP contribution in [0.15, 0.2) is 152 Å². The predicted molar refractivity (Wildman–Crippen MR) is 187 cm³/mol. The Labute approximate surface area is 259 Å². The second-order valence-electron chi connectivity index (χ2n) is 11.3. The zero-order valence-electron chi connectivity index (χ0n) is 24.3. The first-order valence-electron chi connectivity index (χ1n) is 15.1. The molecular formula is C40H27N5. The van der Waals surface area contributed by atoms with E-state index in [2.05, 4.69) is 105 Å². The first-order valence-corrected chi connectivity index (χ1v) is 15.1. The van der Waals surface area contributed by atoms with Crippen LogP contribution in [0, 0.1) is 5.41 Å². The zero-order valence-corrected chi connectivity index (χ0v) is 24.3. The van der Waals surface area contributed by atoms with Crippen LogP contribution >= 0.6 is 0 Å². The molecule has 0 spiro atoms. The van der Waals surface area contributed by atoms with Crippen LogP contribution in [0.5, 0.6) is 0 Å². The number of para-hydroxylation sites is 1. The lowest BCUT2D eigenvalue weighted by molar-refractivity contribution is 1.06. The Morgan fingerprint density at radius 3 is 1.98 bits per heavy atom. The van der Waals surface area contributed by atoms with Crippen molar-refractivity contribution in [3.05, 3.63) is 163 Å². The molecule has 9 aromatic rings. The molecule has 3 heterocycles. The number of allylic oxidation sites excluding steroid dienone is 1. The molecule has 5 nitrogen and oxygen atoms in total. The van der Waals surface area contributed by atoms with Gasteiger partial charge in [-0.1, -0.05) is 121 Å². The first kappa shape index (κ1) is 25.3. The summed E-state index contributed by atoms with van der Waals surface area (Å²) in [5, 5.41) is 13.7. The summed E-state index contributed by atoms with van der Waals surface area (Å²) in [4.78, 5) is 5.22. The normalized spacial score (nSPS) is 12.2. The molecule has 212 valence electrons. The van der Waals surface area contributed by atoms with Gasteiger partial charge in [0.2, 0.25) is 0 Å². The molecule has 0 atom stereocenters. The molecular weight excluding hydrogens is 550 g/mol. The van der Waals surface area contributed by atoms with E-state index in [9.17, 15) is 0 Å². The summed E-state index contributed by atoms with van der Waals surface area (Å²) < 4.78 is 4.52. The van der Waals surface area contributed by atoms with Crippen molar-refractivity contribution in [3.8, 4) is 11.4 Å². The second-order valence-corrected chi connectivity index (χ2v) is 11.3. The standard InChI is InChI=1S/C40H27N5/c41-31(26-13-4-1-5-14-26)25-33(27-15-6-2-7-16-27)43-45-35-22-12-20-30-29-19-10-11-21-34(29)44-39-32(23-24-36(45)38(39)37(30)35)42-40(44)28-17-8-3-9-18-28/h1-25,41,43H/b33-25-,41-31?. The Bertz CT molecular complexity index is 2560. The highest BCUT2D eigenvalue weighted by molar-refractivity contribution is 6.29. The van der Waals surface area contributed by atoms with Gasteiger partial charge in [-0.15, -0.1) is 0 Å². The fourth-order valence-electron chi connectivity index (χ4n) is 6.73. The molecule has 2 N–H and O–H groups in total. The Kier molecular flexibility index (Phi) is 5.59. The Hall–Kier alpha value is -6.20. The van der Waals surface area contributed by atoms with Crippen molar-refractivity contribution < 1.29 is 0 Å². The zero-order chi connectivity index (χ0) is 29.9. The highest BCUT2D eigenvalue weighted by Crippen LogP contribution is 2.42. The maximum Gasteiger partial charge on any atom is 0.145 e. The summed E-state index contributed by atoms with van der Waals surface area (Å²) in [5.74, 6) is 0.924. The van der Waals surface area contributed by atoms with Gasteiger partial charge in [-0.2, -0.15) is 0 Å². The molecule has 0 saturated heterocycles. The van der Waals surface area contributed by atoms with Crippen molar-refractivity contribution in [2.24, 2.45) is 0 Å². The number of nitrogens with zero attached hydrogens (tertiary/aromatic N) is 3. The summed E-state index contributed by atoms with van der Waals surface area (Å²) in [5.41, 5.74) is 13.3. The van der Waals surface area contributed by atoms with Gasteiger partial charge >= 0.3 is 0 Å². The molecule has 0 bridgehead atoms. The van der Waals surface area contributed by atoms with Gasteiger partial charge in [0.15, 0.2) is 0 Å². The summed E-state index contributed by atoms with van der Waals surface area (Å²) in [7, 11) is 0. The van der Waals surface area contributed by atoms with E-state index in [1.54, 1.807) is 0 Å². The molecule has 0 radical (unpaired) electrons. The van der Waals surface area contributed by atoms with Gasteiger partial charge in [0.1, 0.15) is 5.82 Å². The summed E-state index contributed by atoms with van der Waals surface area (Å²) >= 11 is 0. The maximum atomic E-state index is 8.97. The van der Waals surface area contributed by atoms with Crippen LogP contribution in [0.25, 0.3) is 66.2 Å². The Morgan fingerprint density at radius 1 is 0.578 bits per heavy atom. The average molecular weight is 578 g/mol. The fourth-order valence-corrected chi connectivity index (χ4v) is 6.73. The van der Waals surface area contributed by atoms with Crippen molar-refractivity contribution in [1.29, 1.82) is 5.41 Å². The fraction of sp³-hybridized carbons (Fsp3) is 0. The lowest BCUT2D eigenvalue weighted by atomic mass is 10.1. The number of hydrogen-bond acceptors (Lipinski definition) is 3. The van der Waals surface area contributed by atoms with Gasteiger partial charge in [0.05, 0.1) is 39.0 Å². The summed E-state index contributed by atoms with van der Waals surface area (Å²) in [6.07, 6.45) is 1.92. The average Bonchev–Trinajstić information content (AvgIpc) is 3.61. The van der Waals surface area contributed by atoms with Crippen molar-refractivity contribution in [3.63, 3.8) is 0 Å². The van der Waals surface area contributed by atoms with Crippen LogP contribution in [0.2, 0.25) is 0 Å². The number of fused-ring (bicyclic) bond motifs is 3. The van der Waals surface area contributed by atoms with E-state index >= 15 is 0 Å². The molecule has 0 fully saturated rings. The lowest BCUT2D eigenvalue weighted by Crippen LogP contribution is -2.14. The third-order valence-corrected chi connectivity index (χ3v) is 8.73. The number of aromatic nitrogens is 3. The molecule has 0 aliphatic rings. The number of benzene rings is 6. The van der Waals surface area contributed by atoms with Crippen LogP contribution < -0.4 is 5.43 Å². The number of nitrogens with one attached hydrogen (secondary N) is 2. The van der Waals surface area contributed by atoms with Crippen LogP contribution in [0.3, 0.4) is 0 Å². The number of rotatable bonds is 6. The van der Waals surface area contributed by atoms with Crippen molar-refractivity contribution in [2.45, 2.75) is 0 Å². The molecule has 0 unspecified atom stereocenters. The van der Waals surface area contributed by atoms with E-state index in [0.29, 0.717) is 5.71 Å². The molecule has 0 amide bonds. The topological polar surface area (TPSA) is 58.1 Å². The highest BCUT2D eigenvalue weighted by atomic mass is 15.4. The van der Waals surface area contributed by atoms with Gasteiger partial charge in [0.25, 0.3) is 0 Å². The minimum atomic E-state index is 0.437. The minimum absolute atomic E-state index is 0.437. The molecule has 45 heavy (non-hydrogen) atoms. The van der Waals surface area contributed by atoms with Gasteiger partial charge in [-0.25, -0.2) is 4.98 Å². The van der Waals surface area contributed by atoms with Gasteiger partial charge < -0.3 is 5.41 Å². The van der Waals surface area contributed by atoms with E-state index in [4.69, 9.17) is 10.4 Å². The van der Waals surface area contributed by atoms with E-state index in [1.807, 2.05) is 60.7 Å². The monoisotopic (exact) mass is 577 g/mol. The highest BCUT2D eigenvalue weighted by Gasteiger charge is 2.23. The number of hydrogen-bond donors (Lipinski definition) is 2. The lowest BCUT2D eigenvalue weighted by Gasteiger charge is -2.16. The Balaban J connectivity index is 1.38. The third-order valence-electron chi connectivity index (χ3n) is 8.73. The summed E-state index contributed by atoms with van der Waals surface area (Å²) in [6.45, 7) is 0. The molecule has 0 aliphatic heterocycles. The van der Waals surface area contributed by atoms with E-state index in [0.717, 1.165) is 61.2 Å². The molecule has 3 aromatic heterocycles. The van der Waals surface area contributed by atoms with Crippen molar-refractivity contribution in [1.82, 2.24) is 14.1 Å².